The smallest absolute Gasteiger partial charge is 0.341 e. The molecule has 1 aromatic carbocycles. The molecule has 0 aliphatic rings. The molecule has 0 amide bonds. The van der Waals surface area contributed by atoms with Gasteiger partial charge in [0.05, 0.1) is 7.11 Å². The van der Waals surface area contributed by atoms with Crippen molar-refractivity contribution >= 4 is 28.9 Å². The molecule has 0 aliphatic heterocycles. The highest BCUT2D eigenvalue weighted by atomic mass is 16.6. The van der Waals surface area contributed by atoms with E-state index in [1.54, 1.807) is 18.2 Å². The molecule has 0 fully saturated rings. The van der Waals surface area contributed by atoms with E-state index in [9.17, 15) is 9.59 Å². The van der Waals surface area contributed by atoms with Crippen molar-refractivity contribution in [2.75, 3.05) is 7.11 Å². The number of nitrogens with zero attached hydrogens (tertiary/aromatic N) is 2. The van der Waals surface area contributed by atoms with Gasteiger partial charge in [-0.15, -0.1) is 0 Å². The van der Waals surface area contributed by atoms with Crippen LogP contribution in [0, 0.1) is 0 Å². The Morgan fingerprint density at radius 2 is 2.11 bits per heavy atom. The third-order valence-corrected chi connectivity index (χ3v) is 2.40. The van der Waals surface area contributed by atoms with Gasteiger partial charge in [-0.25, -0.2) is 9.42 Å². The molecule has 6 nitrogen and oxygen atoms in total. The van der Waals surface area contributed by atoms with Crippen LogP contribution < -0.4 is 0 Å². The van der Waals surface area contributed by atoms with Crippen LogP contribution in [0.3, 0.4) is 0 Å². The molecule has 0 N–H and O–H groups in total. The summed E-state index contributed by atoms with van der Waals surface area (Å²) >= 11 is 0. The van der Waals surface area contributed by atoms with Crippen molar-refractivity contribution in [1.82, 2.24) is 10.3 Å². The molecule has 0 saturated carbocycles. The number of carbonyl (C=O) groups excluding carboxylic acids is 2. The van der Waals surface area contributed by atoms with Crippen molar-refractivity contribution < 1.29 is 19.0 Å². The summed E-state index contributed by atoms with van der Waals surface area (Å²) < 4.78 is 9.16. The number of aromatic nitrogens is 2. The van der Waals surface area contributed by atoms with Gasteiger partial charge < -0.3 is 4.74 Å². The van der Waals surface area contributed by atoms with Crippen molar-refractivity contribution in [3.05, 3.63) is 29.3 Å². The van der Waals surface area contributed by atoms with Crippen LogP contribution in [-0.2, 0) is 14.3 Å². The minimum absolute atomic E-state index is 0.0481. The van der Waals surface area contributed by atoms with Gasteiger partial charge in [-0.1, -0.05) is 12.1 Å². The molecule has 2 aromatic rings. The maximum atomic E-state index is 11.5. The van der Waals surface area contributed by atoms with Gasteiger partial charge in [0.15, 0.2) is 5.78 Å². The molecule has 18 heavy (non-hydrogen) atoms. The van der Waals surface area contributed by atoms with Crippen molar-refractivity contribution in [3.8, 4) is 0 Å². The van der Waals surface area contributed by atoms with Crippen LogP contribution >= 0.6 is 0 Å². The Morgan fingerprint density at radius 1 is 1.33 bits per heavy atom. The van der Waals surface area contributed by atoms with Gasteiger partial charge in [-0.3, -0.25) is 4.79 Å². The first-order valence-corrected chi connectivity index (χ1v) is 5.15. The van der Waals surface area contributed by atoms with E-state index in [1.165, 1.54) is 20.1 Å². The molecule has 0 aliphatic carbocycles. The lowest BCUT2D eigenvalue weighted by Crippen LogP contribution is -2.11. The summed E-state index contributed by atoms with van der Waals surface area (Å²) in [6.07, 6.45) is 1.42. The molecule has 0 spiro atoms. The van der Waals surface area contributed by atoms with E-state index in [2.05, 4.69) is 19.7 Å². The number of carbonyl (C=O) groups is 2. The van der Waals surface area contributed by atoms with Crippen LogP contribution in [-0.4, -0.2) is 29.2 Å². The van der Waals surface area contributed by atoms with Gasteiger partial charge in [-0.05, 0) is 29.4 Å². The van der Waals surface area contributed by atoms with Crippen LogP contribution in [0.15, 0.2) is 28.4 Å². The molecule has 2 rings (SSSR count). The number of benzene rings is 1. The molecule has 0 saturated heterocycles. The highest BCUT2D eigenvalue weighted by molar-refractivity contribution is 6.20. The van der Waals surface area contributed by atoms with E-state index in [-0.39, 0.29) is 11.4 Å². The Hall–Kier alpha value is -2.50. The van der Waals surface area contributed by atoms with E-state index in [0.717, 1.165) is 0 Å². The largest absolute Gasteiger partial charge is 0.465 e. The van der Waals surface area contributed by atoms with Crippen LogP contribution in [0.1, 0.15) is 12.5 Å². The number of hydrogen-bond donors (Lipinski definition) is 0. The zero-order chi connectivity index (χ0) is 13.1. The molecule has 1 aromatic heterocycles. The maximum Gasteiger partial charge on any atom is 0.341 e. The van der Waals surface area contributed by atoms with Gasteiger partial charge in [0, 0.05) is 5.56 Å². The van der Waals surface area contributed by atoms with E-state index >= 15 is 0 Å². The highest BCUT2D eigenvalue weighted by Gasteiger charge is 2.16. The summed E-state index contributed by atoms with van der Waals surface area (Å²) in [4.78, 5) is 22.9. The first-order valence-electron chi connectivity index (χ1n) is 5.15. The van der Waals surface area contributed by atoms with Crippen LogP contribution in [0.25, 0.3) is 17.1 Å². The lowest BCUT2D eigenvalue weighted by molar-refractivity contribution is -0.137. The van der Waals surface area contributed by atoms with Gasteiger partial charge in [0.2, 0.25) is 0 Å². The second-order valence-electron chi connectivity index (χ2n) is 3.58. The Bertz CT molecular complexity index is 642. The van der Waals surface area contributed by atoms with Crippen molar-refractivity contribution in [2.45, 2.75) is 6.92 Å². The monoisotopic (exact) mass is 246 g/mol. The fourth-order valence-electron chi connectivity index (χ4n) is 1.51. The fraction of sp³-hybridized carbons (Fsp3) is 0.167. The average Bonchev–Trinajstić information content (AvgIpc) is 2.83. The normalized spacial score (nSPS) is 11.6. The number of rotatable bonds is 3. The van der Waals surface area contributed by atoms with Gasteiger partial charge in [0.25, 0.3) is 0 Å². The van der Waals surface area contributed by atoms with Crippen molar-refractivity contribution in [3.63, 3.8) is 0 Å². The van der Waals surface area contributed by atoms with Crippen LogP contribution in [0.2, 0.25) is 0 Å². The van der Waals surface area contributed by atoms with E-state index < -0.39 is 5.97 Å². The zero-order valence-corrected chi connectivity index (χ0v) is 9.84. The SMILES string of the molecule is COC(=O)C(=Cc1cccc2nonc12)C(C)=O. The number of esters is 1. The molecule has 0 atom stereocenters. The number of fused-ring (bicyclic) bond motifs is 1. The predicted octanol–water partition coefficient (Wildman–Crippen LogP) is 1.37. The van der Waals surface area contributed by atoms with Gasteiger partial charge in [-0.2, -0.15) is 0 Å². The third kappa shape index (κ3) is 2.13. The number of ether oxygens (including phenoxy) is 1. The number of methoxy groups -OCH3 is 1. The Balaban J connectivity index is 2.56. The Labute approximate surface area is 102 Å². The first-order chi connectivity index (χ1) is 8.63. The minimum Gasteiger partial charge on any atom is -0.465 e. The fourth-order valence-corrected chi connectivity index (χ4v) is 1.51. The molecule has 0 unspecified atom stereocenters. The topological polar surface area (TPSA) is 82.3 Å². The molecule has 92 valence electrons. The van der Waals surface area contributed by atoms with E-state index in [4.69, 9.17) is 0 Å². The maximum absolute atomic E-state index is 11.5. The molecule has 1 heterocycles. The summed E-state index contributed by atoms with van der Waals surface area (Å²) in [6.45, 7) is 1.30. The average molecular weight is 246 g/mol. The minimum atomic E-state index is -0.684. The summed E-state index contributed by atoms with van der Waals surface area (Å²) in [5.41, 5.74) is 1.56. The van der Waals surface area contributed by atoms with Crippen LogP contribution in [0.4, 0.5) is 0 Å². The number of hydrogen-bond acceptors (Lipinski definition) is 6. The second-order valence-corrected chi connectivity index (χ2v) is 3.58. The second kappa shape index (κ2) is 4.79. The summed E-state index contributed by atoms with van der Waals surface area (Å²) in [5, 5.41) is 7.40. The highest BCUT2D eigenvalue weighted by Crippen LogP contribution is 2.18. The Kier molecular flexibility index (Phi) is 3.18. The lowest BCUT2D eigenvalue weighted by atomic mass is 10.1. The molecule has 0 bridgehead atoms. The van der Waals surface area contributed by atoms with E-state index in [0.29, 0.717) is 16.6 Å². The van der Waals surface area contributed by atoms with Crippen molar-refractivity contribution in [1.29, 1.82) is 0 Å². The number of ketones is 1. The van der Waals surface area contributed by atoms with E-state index in [1.807, 2.05) is 0 Å². The molecular weight excluding hydrogens is 236 g/mol. The molecule has 6 heteroatoms. The van der Waals surface area contributed by atoms with Crippen molar-refractivity contribution in [2.24, 2.45) is 0 Å². The molecular formula is C12H10N2O4. The van der Waals surface area contributed by atoms with Gasteiger partial charge >= 0.3 is 5.97 Å². The Morgan fingerprint density at radius 3 is 2.78 bits per heavy atom. The molecule has 0 radical (unpaired) electrons. The lowest BCUT2D eigenvalue weighted by Gasteiger charge is -2.01. The summed E-state index contributed by atoms with van der Waals surface area (Å²) in [5.74, 6) is -1.06. The van der Waals surface area contributed by atoms with Crippen LogP contribution in [0.5, 0.6) is 0 Å². The predicted molar refractivity (Wildman–Crippen MR) is 62.5 cm³/mol. The third-order valence-electron chi connectivity index (χ3n) is 2.40. The van der Waals surface area contributed by atoms with Gasteiger partial charge in [0.1, 0.15) is 16.6 Å². The summed E-state index contributed by atoms with van der Waals surface area (Å²) in [6, 6.07) is 5.15. The quantitative estimate of drug-likeness (QED) is 0.352. The zero-order valence-electron chi connectivity index (χ0n) is 9.84. The standard InChI is InChI=1S/C12H10N2O4/c1-7(15)9(12(16)17-2)6-8-4-3-5-10-11(8)14-18-13-10/h3-6H,1-2H3. The summed E-state index contributed by atoms with van der Waals surface area (Å²) in [7, 11) is 1.22. The number of Topliss-reactive ketones (excluding diaryl/α,β-unsaturated/α-hetero) is 1. The first kappa shape index (κ1) is 12.0.